The van der Waals surface area contributed by atoms with Crippen LogP contribution in [0.1, 0.15) is 30.4 Å². The highest BCUT2D eigenvalue weighted by Crippen LogP contribution is 2.40. The first-order valence-electron chi connectivity index (χ1n) is 6.71. The van der Waals surface area contributed by atoms with Crippen LogP contribution in [-0.4, -0.2) is 7.05 Å². The molecule has 18 heavy (non-hydrogen) atoms. The fourth-order valence-corrected chi connectivity index (χ4v) is 3.02. The number of nitrogens with zero attached hydrogens (tertiary/aromatic N) is 1. The molecule has 0 aliphatic carbocycles. The van der Waals surface area contributed by atoms with Crippen molar-refractivity contribution in [2.75, 3.05) is 11.9 Å². The van der Waals surface area contributed by atoms with E-state index in [-0.39, 0.29) is 0 Å². The third-order valence-corrected chi connectivity index (χ3v) is 4.05. The molecule has 1 heterocycles. The van der Waals surface area contributed by atoms with Crippen molar-refractivity contribution in [3.8, 4) is 0 Å². The van der Waals surface area contributed by atoms with Gasteiger partial charge in [-0.1, -0.05) is 43.3 Å². The quantitative estimate of drug-likeness (QED) is 0.705. The minimum atomic E-state index is 0.632. The molecule has 1 aliphatic rings. The number of benzene rings is 2. The van der Waals surface area contributed by atoms with Crippen LogP contribution in [0, 0.1) is 0 Å². The van der Waals surface area contributed by atoms with Gasteiger partial charge >= 0.3 is 0 Å². The minimum Gasteiger partial charge on any atom is -0.344 e. The number of anilines is 2. The standard InChI is InChI=1S/C17H19N/c1-3-13-12-14-8-4-6-10-16(14)18(2)17-11-7-5-9-15(13)17/h4-11,13H,3,12H2,1-2H3. The van der Waals surface area contributed by atoms with E-state index in [2.05, 4.69) is 67.4 Å². The van der Waals surface area contributed by atoms with E-state index in [0.717, 1.165) is 6.42 Å². The van der Waals surface area contributed by atoms with Gasteiger partial charge in [0.15, 0.2) is 0 Å². The van der Waals surface area contributed by atoms with E-state index in [4.69, 9.17) is 0 Å². The molecule has 0 radical (unpaired) electrons. The summed E-state index contributed by atoms with van der Waals surface area (Å²) in [5.41, 5.74) is 5.65. The molecule has 0 N–H and O–H groups in total. The van der Waals surface area contributed by atoms with Gasteiger partial charge in [0.2, 0.25) is 0 Å². The first-order valence-corrected chi connectivity index (χ1v) is 6.71. The lowest BCUT2D eigenvalue weighted by atomic mass is 9.90. The topological polar surface area (TPSA) is 3.24 Å². The third kappa shape index (κ3) is 1.71. The van der Waals surface area contributed by atoms with E-state index in [1.807, 2.05) is 0 Å². The summed E-state index contributed by atoms with van der Waals surface area (Å²) in [6.45, 7) is 2.29. The average Bonchev–Trinajstić information content (AvgIpc) is 2.55. The molecule has 0 bridgehead atoms. The second-order valence-corrected chi connectivity index (χ2v) is 5.06. The molecule has 1 nitrogen and oxygen atoms in total. The maximum atomic E-state index is 2.33. The van der Waals surface area contributed by atoms with Crippen LogP contribution >= 0.6 is 0 Å². The van der Waals surface area contributed by atoms with Crippen LogP contribution < -0.4 is 4.90 Å². The van der Waals surface area contributed by atoms with Crippen molar-refractivity contribution in [3.63, 3.8) is 0 Å². The summed E-state index contributed by atoms with van der Waals surface area (Å²) in [6.07, 6.45) is 2.34. The summed E-state index contributed by atoms with van der Waals surface area (Å²) in [6, 6.07) is 17.6. The highest BCUT2D eigenvalue weighted by molar-refractivity contribution is 5.71. The van der Waals surface area contributed by atoms with Crippen molar-refractivity contribution in [1.82, 2.24) is 0 Å². The molecule has 92 valence electrons. The molecule has 1 unspecified atom stereocenters. The van der Waals surface area contributed by atoms with Gasteiger partial charge in [-0.25, -0.2) is 0 Å². The minimum absolute atomic E-state index is 0.632. The van der Waals surface area contributed by atoms with Gasteiger partial charge in [-0.15, -0.1) is 0 Å². The van der Waals surface area contributed by atoms with E-state index >= 15 is 0 Å². The molecule has 1 heteroatoms. The van der Waals surface area contributed by atoms with Gasteiger partial charge in [-0.3, -0.25) is 0 Å². The van der Waals surface area contributed by atoms with Gasteiger partial charge in [0.1, 0.15) is 0 Å². The Morgan fingerprint density at radius 3 is 2.44 bits per heavy atom. The number of para-hydroxylation sites is 2. The monoisotopic (exact) mass is 237 g/mol. The lowest BCUT2D eigenvalue weighted by Crippen LogP contribution is -2.11. The Morgan fingerprint density at radius 1 is 1.00 bits per heavy atom. The zero-order chi connectivity index (χ0) is 12.5. The zero-order valence-electron chi connectivity index (χ0n) is 11.1. The summed E-state index contributed by atoms with van der Waals surface area (Å²) >= 11 is 0. The molecule has 0 saturated heterocycles. The number of hydrogen-bond donors (Lipinski definition) is 0. The molecule has 3 rings (SSSR count). The summed E-state index contributed by atoms with van der Waals surface area (Å²) in [7, 11) is 2.18. The highest BCUT2D eigenvalue weighted by Gasteiger charge is 2.23. The van der Waals surface area contributed by atoms with E-state index in [0.29, 0.717) is 5.92 Å². The maximum absolute atomic E-state index is 2.33. The van der Waals surface area contributed by atoms with Crippen molar-refractivity contribution in [2.24, 2.45) is 0 Å². The molecular weight excluding hydrogens is 218 g/mol. The van der Waals surface area contributed by atoms with E-state index in [9.17, 15) is 0 Å². The molecule has 2 aromatic rings. The van der Waals surface area contributed by atoms with E-state index < -0.39 is 0 Å². The van der Waals surface area contributed by atoms with Crippen LogP contribution in [0.15, 0.2) is 48.5 Å². The predicted molar refractivity (Wildman–Crippen MR) is 77.7 cm³/mol. The lowest BCUT2D eigenvalue weighted by molar-refractivity contribution is 0.667. The van der Waals surface area contributed by atoms with Crippen molar-refractivity contribution >= 4 is 11.4 Å². The van der Waals surface area contributed by atoms with Crippen molar-refractivity contribution in [2.45, 2.75) is 25.7 Å². The summed E-state index contributed by atoms with van der Waals surface area (Å²) in [5, 5.41) is 0. The SMILES string of the molecule is CCC1Cc2ccccc2N(C)c2ccccc21. The van der Waals surface area contributed by atoms with Crippen LogP contribution in [-0.2, 0) is 6.42 Å². The van der Waals surface area contributed by atoms with Crippen molar-refractivity contribution in [1.29, 1.82) is 0 Å². The Balaban J connectivity index is 2.21. The maximum Gasteiger partial charge on any atom is 0.0443 e. The normalized spacial score (nSPS) is 17.9. The molecule has 0 saturated carbocycles. The molecule has 0 fully saturated rings. The van der Waals surface area contributed by atoms with Gasteiger partial charge in [0, 0.05) is 18.4 Å². The Hall–Kier alpha value is -1.76. The fourth-order valence-electron chi connectivity index (χ4n) is 3.02. The van der Waals surface area contributed by atoms with Gasteiger partial charge in [0.05, 0.1) is 0 Å². The second kappa shape index (κ2) is 4.49. The smallest absolute Gasteiger partial charge is 0.0443 e. The van der Waals surface area contributed by atoms with Crippen LogP contribution in [0.2, 0.25) is 0 Å². The number of hydrogen-bond acceptors (Lipinski definition) is 1. The van der Waals surface area contributed by atoms with Gasteiger partial charge < -0.3 is 4.90 Å². The third-order valence-electron chi connectivity index (χ3n) is 4.05. The average molecular weight is 237 g/mol. The molecule has 2 aromatic carbocycles. The molecule has 0 spiro atoms. The Kier molecular flexibility index (Phi) is 2.83. The van der Waals surface area contributed by atoms with Gasteiger partial charge in [-0.05, 0) is 42.0 Å². The van der Waals surface area contributed by atoms with E-state index in [1.165, 1.54) is 28.9 Å². The van der Waals surface area contributed by atoms with Crippen LogP contribution in [0.25, 0.3) is 0 Å². The van der Waals surface area contributed by atoms with Gasteiger partial charge in [-0.2, -0.15) is 0 Å². The van der Waals surface area contributed by atoms with Crippen LogP contribution in [0.4, 0.5) is 11.4 Å². The lowest BCUT2D eigenvalue weighted by Gasteiger charge is -2.22. The number of fused-ring (bicyclic) bond motifs is 2. The summed E-state index contributed by atoms with van der Waals surface area (Å²) < 4.78 is 0. The first kappa shape index (κ1) is 11.3. The van der Waals surface area contributed by atoms with Crippen LogP contribution in [0.5, 0.6) is 0 Å². The zero-order valence-corrected chi connectivity index (χ0v) is 11.1. The molecule has 1 aliphatic heterocycles. The summed E-state index contributed by atoms with van der Waals surface area (Å²) in [4.78, 5) is 2.33. The Labute approximate surface area is 109 Å². The molecule has 0 amide bonds. The second-order valence-electron chi connectivity index (χ2n) is 5.06. The van der Waals surface area contributed by atoms with Crippen LogP contribution in [0.3, 0.4) is 0 Å². The predicted octanol–water partition coefficient (Wildman–Crippen LogP) is 4.50. The Morgan fingerprint density at radius 2 is 1.67 bits per heavy atom. The largest absolute Gasteiger partial charge is 0.344 e. The molecule has 0 aromatic heterocycles. The van der Waals surface area contributed by atoms with Gasteiger partial charge in [0.25, 0.3) is 0 Å². The molecule has 1 atom stereocenters. The van der Waals surface area contributed by atoms with E-state index in [1.54, 1.807) is 0 Å². The summed E-state index contributed by atoms with van der Waals surface area (Å²) in [5.74, 6) is 0.632. The fraction of sp³-hybridized carbons (Fsp3) is 0.294. The van der Waals surface area contributed by atoms with Crippen molar-refractivity contribution < 1.29 is 0 Å². The Bertz CT molecular complexity index is 559. The first-order chi connectivity index (χ1) is 8.81. The highest BCUT2D eigenvalue weighted by atomic mass is 15.1. The molecular formula is C17H19N. The van der Waals surface area contributed by atoms with Crippen molar-refractivity contribution in [3.05, 3.63) is 59.7 Å². The number of rotatable bonds is 1.